The molecular weight excluding hydrogens is 300 g/mol. The van der Waals surface area contributed by atoms with Crippen molar-refractivity contribution < 1.29 is 4.74 Å². The van der Waals surface area contributed by atoms with Gasteiger partial charge in [0.05, 0.1) is 19.0 Å². The molecule has 2 aromatic heterocycles. The fraction of sp³-hybridized carbons (Fsp3) is 0.263. The van der Waals surface area contributed by atoms with Crippen LogP contribution in [0.5, 0.6) is 5.88 Å². The lowest BCUT2D eigenvalue weighted by atomic mass is 10.0. The minimum Gasteiger partial charge on any atom is -0.481 e. The van der Waals surface area contributed by atoms with Gasteiger partial charge in [0.1, 0.15) is 5.82 Å². The van der Waals surface area contributed by atoms with E-state index in [-0.39, 0.29) is 0 Å². The number of imidazole rings is 1. The van der Waals surface area contributed by atoms with Crippen LogP contribution >= 0.6 is 0 Å². The van der Waals surface area contributed by atoms with Crippen LogP contribution < -0.4 is 4.74 Å². The van der Waals surface area contributed by atoms with Crippen LogP contribution in [0, 0.1) is 0 Å². The third-order valence-corrected chi connectivity index (χ3v) is 4.25. The molecule has 0 bridgehead atoms. The number of benzene rings is 1. The van der Waals surface area contributed by atoms with Gasteiger partial charge < -0.3 is 9.64 Å². The third kappa shape index (κ3) is 3.16. The second kappa shape index (κ2) is 6.84. The first-order valence-electron chi connectivity index (χ1n) is 7.90. The van der Waals surface area contributed by atoms with Gasteiger partial charge in [-0.1, -0.05) is 18.2 Å². The molecule has 0 aliphatic heterocycles. The van der Waals surface area contributed by atoms with E-state index in [1.54, 1.807) is 13.3 Å². The van der Waals surface area contributed by atoms with Crippen molar-refractivity contribution in [2.45, 2.75) is 13.0 Å². The molecule has 3 aromatic rings. The van der Waals surface area contributed by atoms with Gasteiger partial charge >= 0.3 is 0 Å². The van der Waals surface area contributed by atoms with Gasteiger partial charge in [0.2, 0.25) is 5.88 Å². The Bertz CT molecular complexity index is 808. The standard InChI is InChI=1S/C19H22N4O/c1-14(22(2)3)15-6-5-7-16(12-15)19-20-10-11-23(19)17-8-9-18(24-4)21-13-17/h5-14H,1-4H3/t14-/m0/s1. The first-order chi connectivity index (χ1) is 11.6. The molecule has 5 heteroatoms. The van der Waals surface area contributed by atoms with Gasteiger partial charge in [-0.2, -0.15) is 0 Å². The van der Waals surface area contributed by atoms with Crippen LogP contribution in [0.3, 0.4) is 0 Å². The second-order valence-electron chi connectivity index (χ2n) is 5.94. The van der Waals surface area contributed by atoms with Crippen molar-refractivity contribution in [3.05, 3.63) is 60.6 Å². The van der Waals surface area contributed by atoms with Crippen LogP contribution in [0.15, 0.2) is 55.0 Å². The van der Waals surface area contributed by atoms with E-state index in [1.807, 2.05) is 29.1 Å². The SMILES string of the molecule is COc1ccc(-n2ccnc2-c2cccc([C@H](C)N(C)C)c2)cn1. The number of methoxy groups -OCH3 is 1. The summed E-state index contributed by atoms with van der Waals surface area (Å²) in [6.07, 6.45) is 5.54. The molecule has 5 nitrogen and oxygen atoms in total. The van der Waals surface area contributed by atoms with Gasteiger partial charge in [0, 0.05) is 30.1 Å². The molecule has 0 aliphatic rings. The van der Waals surface area contributed by atoms with Crippen LogP contribution in [0.1, 0.15) is 18.5 Å². The Morgan fingerprint density at radius 2 is 1.96 bits per heavy atom. The maximum atomic E-state index is 5.13. The Hall–Kier alpha value is -2.66. The summed E-state index contributed by atoms with van der Waals surface area (Å²) in [5.74, 6) is 1.50. The van der Waals surface area contributed by atoms with E-state index >= 15 is 0 Å². The molecule has 0 N–H and O–H groups in total. The maximum Gasteiger partial charge on any atom is 0.213 e. The molecule has 0 spiro atoms. The summed E-state index contributed by atoms with van der Waals surface area (Å²) in [5, 5.41) is 0. The van der Waals surface area contributed by atoms with E-state index in [1.165, 1.54) is 5.56 Å². The number of hydrogen-bond acceptors (Lipinski definition) is 4. The summed E-state index contributed by atoms with van der Waals surface area (Å²) >= 11 is 0. The van der Waals surface area contributed by atoms with Crippen LogP contribution in [0.4, 0.5) is 0 Å². The number of ether oxygens (including phenoxy) is 1. The predicted octanol–water partition coefficient (Wildman–Crippen LogP) is 3.57. The summed E-state index contributed by atoms with van der Waals surface area (Å²) < 4.78 is 7.16. The van der Waals surface area contributed by atoms with Crippen molar-refractivity contribution in [1.29, 1.82) is 0 Å². The Morgan fingerprint density at radius 3 is 2.62 bits per heavy atom. The topological polar surface area (TPSA) is 43.2 Å². The first kappa shape index (κ1) is 16.2. The van der Waals surface area contributed by atoms with Gasteiger partial charge in [-0.25, -0.2) is 9.97 Å². The summed E-state index contributed by atoms with van der Waals surface area (Å²) in [6, 6.07) is 12.7. The number of aromatic nitrogens is 3. The molecule has 3 rings (SSSR count). The number of hydrogen-bond donors (Lipinski definition) is 0. The first-order valence-corrected chi connectivity index (χ1v) is 7.90. The van der Waals surface area contributed by atoms with E-state index in [9.17, 15) is 0 Å². The molecular formula is C19H22N4O. The molecule has 124 valence electrons. The highest BCUT2D eigenvalue weighted by molar-refractivity contribution is 5.59. The highest BCUT2D eigenvalue weighted by Crippen LogP contribution is 2.26. The largest absolute Gasteiger partial charge is 0.481 e. The van der Waals surface area contributed by atoms with Crippen molar-refractivity contribution in [3.63, 3.8) is 0 Å². The van der Waals surface area contributed by atoms with Crippen molar-refractivity contribution in [2.75, 3.05) is 21.2 Å². The Labute approximate surface area is 142 Å². The molecule has 1 atom stereocenters. The number of nitrogens with zero attached hydrogens (tertiary/aromatic N) is 4. The van der Waals surface area contributed by atoms with Gasteiger partial charge in [-0.3, -0.25) is 4.57 Å². The van der Waals surface area contributed by atoms with E-state index in [0.717, 1.165) is 17.1 Å². The summed E-state index contributed by atoms with van der Waals surface area (Å²) in [4.78, 5) is 11.0. The lowest BCUT2D eigenvalue weighted by Gasteiger charge is -2.20. The van der Waals surface area contributed by atoms with Crippen molar-refractivity contribution in [1.82, 2.24) is 19.4 Å². The minimum atomic E-state index is 0.344. The smallest absolute Gasteiger partial charge is 0.213 e. The Morgan fingerprint density at radius 1 is 1.12 bits per heavy atom. The monoisotopic (exact) mass is 322 g/mol. The van der Waals surface area contributed by atoms with Crippen LogP contribution in [0.25, 0.3) is 17.1 Å². The van der Waals surface area contributed by atoms with E-state index in [2.05, 4.69) is 60.2 Å². The Balaban J connectivity index is 1.99. The molecule has 0 saturated heterocycles. The average molecular weight is 322 g/mol. The van der Waals surface area contributed by atoms with Crippen molar-refractivity contribution in [2.24, 2.45) is 0 Å². The van der Waals surface area contributed by atoms with E-state index in [0.29, 0.717) is 11.9 Å². The van der Waals surface area contributed by atoms with Gasteiger partial charge in [0.25, 0.3) is 0 Å². The zero-order chi connectivity index (χ0) is 17.1. The van der Waals surface area contributed by atoms with E-state index in [4.69, 9.17) is 4.74 Å². The van der Waals surface area contributed by atoms with Crippen LogP contribution in [-0.4, -0.2) is 40.6 Å². The quantitative estimate of drug-likeness (QED) is 0.720. The zero-order valence-electron chi connectivity index (χ0n) is 14.5. The Kier molecular flexibility index (Phi) is 4.62. The third-order valence-electron chi connectivity index (χ3n) is 4.25. The average Bonchev–Trinajstić information content (AvgIpc) is 3.11. The van der Waals surface area contributed by atoms with Crippen molar-refractivity contribution >= 4 is 0 Å². The molecule has 0 saturated carbocycles. The number of pyridine rings is 1. The summed E-state index contributed by atoms with van der Waals surface area (Å²) in [5.41, 5.74) is 3.30. The van der Waals surface area contributed by atoms with Gasteiger partial charge in [0.15, 0.2) is 0 Å². The van der Waals surface area contributed by atoms with Crippen molar-refractivity contribution in [3.8, 4) is 23.0 Å². The van der Waals surface area contributed by atoms with Gasteiger partial charge in [-0.15, -0.1) is 0 Å². The highest BCUT2D eigenvalue weighted by Gasteiger charge is 2.12. The summed E-state index contributed by atoms with van der Waals surface area (Å²) in [6.45, 7) is 2.19. The molecule has 0 aliphatic carbocycles. The lowest BCUT2D eigenvalue weighted by molar-refractivity contribution is 0.321. The van der Waals surface area contributed by atoms with Crippen LogP contribution in [-0.2, 0) is 0 Å². The molecule has 1 aromatic carbocycles. The minimum absolute atomic E-state index is 0.344. The molecule has 2 heterocycles. The second-order valence-corrected chi connectivity index (χ2v) is 5.94. The fourth-order valence-electron chi connectivity index (χ4n) is 2.60. The predicted molar refractivity (Wildman–Crippen MR) is 95.4 cm³/mol. The normalized spacial score (nSPS) is 12.4. The molecule has 0 fully saturated rings. The van der Waals surface area contributed by atoms with Gasteiger partial charge in [-0.05, 0) is 38.7 Å². The van der Waals surface area contributed by atoms with E-state index < -0.39 is 0 Å². The fourth-order valence-corrected chi connectivity index (χ4v) is 2.60. The van der Waals surface area contributed by atoms with Crippen LogP contribution in [0.2, 0.25) is 0 Å². The zero-order valence-corrected chi connectivity index (χ0v) is 14.5. The maximum absolute atomic E-state index is 5.13. The molecule has 24 heavy (non-hydrogen) atoms. The highest BCUT2D eigenvalue weighted by atomic mass is 16.5. The molecule has 0 amide bonds. The summed E-state index contributed by atoms with van der Waals surface area (Å²) in [7, 11) is 5.78. The number of rotatable bonds is 5. The molecule has 0 radical (unpaired) electrons. The lowest BCUT2D eigenvalue weighted by Crippen LogP contribution is -2.16. The molecule has 0 unspecified atom stereocenters.